The highest BCUT2D eigenvalue weighted by Crippen LogP contribution is 2.20. The summed E-state index contributed by atoms with van der Waals surface area (Å²) in [5.74, 6) is -2.53. The Hall–Kier alpha value is -0.970. The average Bonchev–Trinajstić information content (AvgIpc) is 2.01. The summed E-state index contributed by atoms with van der Waals surface area (Å²) in [7, 11) is 0. The van der Waals surface area contributed by atoms with E-state index in [-0.39, 0.29) is 18.4 Å². The fraction of sp³-hybridized carbons (Fsp3) is 0.222. The van der Waals surface area contributed by atoms with Crippen LogP contribution in [0.1, 0.15) is 12.0 Å². The van der Waals surface area contributed by atoms with Crippen molar-refractivity contribution in [3.63, 3.8) is 0 Å². The third-order valence-corrected chi connectivity index (χ3v) is 2.15. The van der Waals surface area contributed by atoms with Gasteiger partial charge in [-0.3, -0.25) is 4.79 Å². The van der Waals surface area contributed by atoms with Gasteiger partial charge in [-0.2, -0.15) is 0 Å². The Morgan fingerprint density at radius 1 is 1.36 bits per heavy atom. The highest BCUT2D eigenvalue weighted by molar-refractivity contribution is 9.10. The maximum absolute atomic E-state index is 13.1. The van der Waals surface area contributed by atoms with E-state index in [1.807, 2.05) is 0 Å². The number of carboxylic acid groups (broad SMARTS) is 1. The molecule has 0 saturated carbocycles. The van der Waals surface area contributed by atoms with Crippen molar-refractivity contribution in [2.24, 2.45) is 0 Å². The SMILES string of the molecule is O=C(O)CCc1c(F)cc(Br)cc1F. The smallest absolute Gasteiger partial charge is 0.303 e. The van der Waals surface area contributed by atoms with Crippen LogP contribution in [0.5, 0.6) is 0 Å². The summed E-state index contributed by atoms with van der Waals surface area (Å²) in [6.45, 7) is 0. The van der Waals surface area contributed by atoms with Crippen LogP contribution in [0.15, 0.2) is 16.6 Å². The van der Waals surface area contributed by atoms with Crippen LogP contribution in [0.25, 0.3) is 0 Å². The molecule has 1 N–H and O–H groups in total. The molecule has 14 heavy (non-hydrogen) atoms. The van der Waals surface area contributed by atoms with E-state index in [1.54, 1.807) is 0 Å². The largest absolute Gasteiger partial charge is 0.481 e. The Morgan fingerprint density at radius 2 is 1.86 bits per heavy atom. The maximum atomic E-state index is 13.1. The quantitative estimate of drug-likeness (QED) is 0.912. The summed E-state index contributed by atoms with van der Waals surface area (Å²) >= 11 is 2.93. The van der Waals surface area contributed by atoms with E-state index < -0.39 is 17.6 Å². The molecular weight excluding hydrogens is 258 g/mol. The van der Waals surface area contributed by atoms with E-state index in [9.17, 15) is 13.6 Å². The number of carboxylic acids is 1. The van der Waals surface area contributed by atoms with Crippen LogP contribution in [-0.2, 0) is 11.2 Å². The topological polar surface area (TPSA) is 37.3 Å². The molecule has 1 aromatic carbocycles. The zero-order chi connectivity index (χ0) is 10.7. The van der Waals surface area contributed by atoms with E-state index in [0.717, 1.165) is 12.1 Å². The second kappa shape index (κ2) is 4.50. The van der Waals surface area contributed by atoms with Gasteiger partial charge in [-0.05, 0) is 18.6 Å². The fourth-order valence-corrected chi connectivity index (χ4v) is 1.44. The zero-order valence-corrected chi connectivity index (χ0v) is 8.64. The molecule has 0 heterocycles. The number of hydrogen-bond donors (Lipinski definition) is 1. The number of aliphatic carboxylic acids is 1. The highest BCUT2D eigenvalue weighted by atomic mass is 79.9. The molecule has 5 heteroatoms. The lowest BCUT2D eigenvalue weighted by atomic mass is 10.1. The van der Waals surface area contributed by atoms with Crippen molar-refractivity contribution in [2.75, 3.05) is 0 Å². The molecule has 2 nitrogen and oxygen atoms in total. The maximum Gasteiger partial charge on any atom is 0.303 e. The van der Waals surface area contributed by atoms with Gasteiger partial charge in [0.15, 0.2) is 0 Å². The van der Waals surface area contributed by atoms with Crippen molar-refractivity contribution >= 4 is 21.9 Å². The molecule has 0 fully saturated rings. The van der Waals surface area contributed by atoms with E-state index in [2.05, 4.69) is 15.9 Å². The lowest BCUT2D eigenvalue weighted by molar-refractivity contribution is -0.136. The Bertz CT molecular complexity index is 343. The third-order valence-electron chi connectivity index (χ3n) is 1.69. The van der Waals surface area contributed by atoms with Crippen LogP contribution in [-0.4, -0.2) is 11.1 Å². The molecule has 76 valence electrons. The minimum absolute atomic E-state index is 0.139. The normalized spacial score (nSPS) is 10.2. The molecule has 0 bridgehead atoms. The van der Waals surface area contributed by atoms with Crippen molar-refractivity contribution in [1.82, 2.24) is 0 Å². The summed E-state index contributed by atoms with van der Waals surface area (Å²) in [5.41, 5.74) is -0.185. The van der Waals surface area contributed by atoms with E-state index in [1.165, 1.54) is 0 Å². The van der Waals surface area contributed by atoms with Gasteiger partial charge < -0.3 is 5.11 Å². The third kappa shape index (κ3) is 2.77. The lowest BCUT2D eigenvalue weighted by Gasteiger charge is -2.03. The van der Waals surface area contributed by atoms with E-state index in [0.29, 0.717) is 4.47 Å². The predicted octanol–water partition coefficient (Wildman–Crippen LogP) is 2.74. The average molecular weight is 265 g/mol. The molecule has 1 rings (SSSR count). The highest BCUT2D eigenvalue weighted by Gasteiger charge is 2.11. The summed E-state index contributed by atoms with van der Waals surface area (Å²) in [4.78, 5) is 10.2. The first-order valence-electron chi connectivity index (χ1n) is 3.86. The van der Waals surface area contributed by atoms with Crippen molar-refractivity contribution in [2.45, 2.75) is 12.8 Å². The minimum atomic E-state index is -1.08. The molecule has 0 spiro atoms. The zero-order valence-electron chi connectivity index (χ0n) is 7.06. The van der Waals surface area contributed by atoms with Gasteiger partial charge >= 0.3 is 5.97 Å². The monoisotopic (exact) mass is 264 g/mol. The Labute approximate surface area is 87.7 Å². The van der Waals surface area contributed by atoms with Gasteiger partial charge in [0.2, 0.25) is 0 Å². The number of rotatable bonds is 3. The summed E-state index contributed by atoms with van der Waals surface area (Å²) in [6.07, 6.45) is -0.421. The summed E-state index contributed by atoms with van der Waals surface area (Å²) < 4.78 is 26.5. The van der Waals surface area contributed by atoms with Crippen LogP contribution in [0, 0.1) is 11.6 Å². The second-order valence-electron chi connectivity index (χ2n) is 2.74. The molecule has 0 aliphatic heterocycles. The van der Waals surface area contributed by atoms with Crippen LogP contribution in [0.2, 0.25) is 0 Å². The van der Waals surface area contributed by atoms with Gasteiger partial charge in [0.05, 0.1) is 0 Å². The van der Waals surface area contributed by atoms with Gasteiger partial charge in [0.25, 0.3) is 0 Å². The first-order chi connectivity index (χ1) is 6.50. The first-order valence-corrected chi connectivity index (χ1v) is 4.65. The molecule has 0 saturated heterocycles. The van der Waals surface area contributed by atoms with Gasteiger partial charge in [0.1, 0.15) is 11.6 Å². The minimum Gasteiger partial charge on any atom is -0.481 e. The van der Waals surface area contributed by atoms with Crippen molar-refractivity contribution in [1.29, 1.82) is 0 Å². The molecule has 0 aromatic heterocycles. The number of benzene rings is 1. The molecule has 1 aromatic rings. The molecule has 0 unspecified atom stereocenters. The van der Waals surface area contributed by atoms with Crippen LogP contribution >= 0.6 is 15.9 Å². The number of hydrogen-bond acceptors (Lipinski definition) is 1. The molecule has 0 amide bonds. The van der Waals surface area contributed by atoms with Crippen LogP contribution in [0.4, 0.5) is 8.78 Å². The van der Waals surface area contributed by atoms with E-state index >= 15 is 0 Å². The molecule has 0 aliphatic carbocycles. The number of carbonyl (C=O) groups is 1. The summed E-state index contributed by atoms with van der Waals surface area (Å²) in [6, 6.07) is 2.22. The molecule has 0 atom stereocenters. The van der Waals surface area contributed by atoms with Crippen LogP contribution < -0.4 is 0 Å². The fourth-order valence-electron chi connectivity index (χ4n) is 1.04. The van der Waals surface area contributed by atoms with Gasteiger partial charge in [0, 0.05) is 16.5 Å². The lowest BCUT2D eigenvalue weighted by Crippen LogP contribution is -2.02. The molecular formula is C9H7BrF2O2. The summed E-state index contributed by atoms with van der Waals surface area (Å²) in [5, 5.41) is 8.36. The molecule has 0 radical (unpaired) electrons. The van der Waals surface area contributed by atoms with Crippen molar-refractivity contribution < 1.29 is 18.7 Å². The van der Waals surface area contributed by atoms with Gasteiger partial charge in [-0.25, -0.2) is 8.78 Å². The second-order valence-corrected chi connectivity index (χ2v) is 3.66. The molecule has 0 aliphatic rings. The first kappa shape index (κ1) is 11.1. The Kier molecular flexibility index (Phi) is 3.57. The predicted molar refractivity (Wildman–Crippen MR) is 50.0 cm³/mol. The number of halogens is 3. The Morgan fingerprint density at radius 3 is 2.29 bits per heavy atom. The Balaban J connectivity index is 2.91. The van der Waals surface area contributed by atoms with Crippen LogP contribution in [0.3, 0.4) is 0 Å². The van der Waals surface area contributed by atoms with Crippen molar-refractivity contribution in [3.05, 3.63) is 33.8 Å². The van der Waals surface area contributed by atoms with Gasteiger partial charge in [-0.1, -0.05) is 15.9 Å². The van der Waals surface area contributed by atoms with Crippen molar-refractivity contribution in [3.8, 4) is 0 Å². The standard InChI is InChI=1S/C9H7BrF2O2/c10-5-3-7(11)6(8(12)4-5)1-2-9(13)14/h3-4H,1-2H2,(H,13,14). The van der Waals surface area contributed by atoms with Gasteiger partial charge in [-0.15, -0.1) is 0 Å². The van der Waals surface area contributed by atoms with E-state index in [4.69, 9.17) is 5.11 Å².